The van der Waals surface area contributed by atoms with Crippen molar-refractivity contribution in [1.29, 1.82) is 0 Å². The van der Waals surface area contributed by atoms with Gasteiger partial charge in [-0.2, -0.15) is 0 Å². The van der Waals surface area contributed by atoms with Crippen molar-refractivity contribution < 1.29 is 4.42 Å². The number of thiophene rings is 1. The molecule has 11 aromatic rings. The molecule has 0 atom stereocenters. The minimum absolute atomic E-state index is 0.672. The quantitative estimate of drug-likeness (QED) is 0.171. The van der Waals surface area contributed by atoms with Gasteiger partial charge in [0.15, 0.2) is 5.82 Å². The highest BCUT2D eigenvalue weighted by Gasteiger charge is 2.19. The van der Waals surface area contributed by atoms with Gasteiger partial charge in [0.05, 0.1) is 11.4 Å². The summed E-state index contributed by atoms with van der Waals surface area (Å²) in [5.41, 5.74) is 13.1. The number of para-hydroxylation sites is 1. The molecule has 7 aromatic carbocycles. The zero-order valence-corrected chi connectivity index (χ0v) is 30.9. The van der Waals surface area contributed by atoms with Gasteiger partial charge in [-0.1, -0.05) is 127 Å². The van der Waals surface area contributed by atoms with Gasteiger partial charge >= 0.3 is 0 Å². The lowest BCUT2D eigenvalue weighted by Crippen LogP contribution is -1.96. The summed E-state index contributed by atoms with van der Waals surface area (Å²) < 4.78 is 9.29. The molecule has 0 saturated carbocycles. The monoisotopic (exact) mass is 733 g/mol. The first-order valence-electron chi connectivity index (χ1n) is 18.7. The van der Waals surface area contributed by atoms with Crippen LogP contribution in [-0.2, 0) is 0 Å². The van der Waals surface area contributed by atoms with Crippen LogP contribution in [0.5, 0.6) is 0 Å². The molecule has 0 aliphatic heterocycles. The van der Waals surface area contributed by atoms with Gasteiger partial charge < -0.3 is 4.42 Å². The summed E-state index contributed by atoms with van der Waals surface area (Å²) in [6, 6.07) is 61.7. The number of hydrogen-bond acceptors (Lipinski definition) is 5. The van der Waals surface area contributed by atoms with Crippen LogP contribution < -0.4 is 0 Å². The molecule has 11 rings (SSSR count). The maximum absolute atomic E-state index is 6.70. The zero-order chi connectivity index (χ0) is 37.0. The van der Waals surface area contributed by atoms with E-state index in [0.29, 0.717) is 5.82 Å². The highest BCUT2D eigenvalue weighted by molar-refractivity contribution is 7.25. The van der Waals surface area contributed by atoms with Crippen LogP contribution in [0.2, 0.25) is 0 Å². The predicted octanol–water partition coefficient (Wildman–Crippen LogP) is 14.1. The van der Waals surface area contributed by atoms with Crippen molar-refractivity contribution in [2.45, 2.75) is 0 Å². The van der Waals surface area contributed by atoms with E-state index in [1.165, 1.54) is 20.2 Å². The molecule has 0 fully saturated rings. The lowest BCUT2D eigenvalue weighted by Gasteiger charge is -2.12. The van der Waals surface area contributed by atoms with Crippen molar-refractivity contribution in [1.82, 2.24) is 15.0 Å². The lowest BCUT2D eigenvalue weighted by atomic mass is 9.93. The molecule has 4 nitrogen and oxygen atoms in total. The number of hydrogen-bond donors (Lipinski definition) is 0. The van der Waals surface area contributed by atoms with E-state index in [-0.39, 0.29) is 0 Å². The second-order valence-electron chi connectivity index (χ2n) is 14.0. The Balaban J connectivity index is 1.02. The molecule has 262 valence electrons. The van der Waals surface area contributed by atoms with E-state index in [9.17, 15) is 0 Å². The Morgan fingerprint density at radius 1 is 0.411 bits per heavy atom. The third-order valence-electron chi connectivity index (χ3n) is 10.6. The highest BCUT2D eigenvalue weighted by atomic mass is 32.1. The summed E-state index contributed by atoms with van der Waals surface area (Å²) >= 11 is 1.84. The van der Waals surface area contributed by atoms with Crippen LogP contribution in [0.1, 0.15) is 0 Å². The molecule has 0 unspecified atom stereocenters. The van der Waals surface area contributed by atoms with Crippen molar-refractivity contribution in [3.63, 3.8) is 0 Å². The van der Waals surface area contributed by atoms with Crippen LogP contribution in [0.4, 0.5) is 0 Å². The van der Waals surface area contributed by atoms with Crippen molar-refractivity contribution in [2.24, 2.45) is 0 Å². The first kappa shape index (κ1) is 32.2. The Morgan fingerprint density at radius 2 is 1.09 bits per heavy atom. The van der Waals surface area contributed by atoms with Crippen LogP contribution in [0, 0.1) is 0 Å². The van der Waals surface area contributed by atoms with Crippen molar-refractivity contribution in [3.8, 4) is 67.3 Å². The second kappa shape index (κ2) is 13.3. The fourth-order valence-electron chi connectivity index (χ4n) is 7.86. The van der Waals surface area contributed by atoms with Gasteiger partial charge in [-0.05, 0) is 70.8 Å². The molecule has 5 heteroatoms. The first-order valence-corrected chi connectivity index (χ1v) is 19.5. The molecule has 0 N–H and O–H groups in total. The average molecular weight is 734 g/mol. The molecule has 0 spiro atoms. The Bertz CT molecular complexity index is 3240. The standard InChI is InChI=1S/C51H31N3OS/c1-2-10-33(11-3-1)44-30-45(37-13-8-12-35(28-37)38-14-9-27-52-31-38)54-51(53-44)34-21-19-32(20-22-34)39-24-25-40(50-49(39)42-16-4-6-17-46(42)55-50)36-23-26-48-43(29-36)41-15-5-7-18-47(41)56-48/h1-31H. The smallest absolute Gasteiger partial charge is 0.160 e. The molecule has 0 amide bonds. The van der Waals surface area contributed by atoms with Crippen LogP contribution in [0.15, 0.2) is 193 Å². The van der Waals surface area contributed by atoms with Crippen molar-refractivity contribution in [2.75, 3.05) is 0 Å². The van der Waals surface area contributed by atoms with Gasteiger partial charge in [-0.3, -0.25) is 4.98 Å². The minimum atomic E-state index is 0.672. The summed E-state index contributed by atoms with van der Waals surface area (Å²) in [6.45, 7) is 0. The number of aromatic nitrogens is 3. The van der Waals surface area contributed by atoms with E-state index < -0.39 is 0 Å². The molecule has 56 heavy (non-hydrogen) atoms. The molecule has 0 radical (unpaired) electrons. The molecule has 0 aliphatic carbocycles. The maximum Gasteiger partial charge on any atom is 0.160 e. The lowest BCUT2D eigenvalue weighted by molar-refractivity contribution is 0.670. The largest absolute Gasteiger partial charge is 0.455 e. The molecule has 0 saturated heterocycles. The molecule has 0 bridgehead atoms. The first-order chi connectivity index (χ1) is 27.7. The number of pyridine rings is 1. The van der Waals surface area contributed by atoms with E-state index in [0.717, 1.165) is 83.4 Å². The molecule has 4 aromatic heterocycles. The highest BCUT2D eigenvalue weighted by Crippen LogP contribution is 2.44. The van der Waals surface area contributed by atoms with Gasteiger partial charge in [0.25, 0.3) is 0 Å². The minimum Gasteiger partial charge on any atom is -0.455 e. The van der Waals surface area contributed by atoms with E-state index in [1.54, 1.807) is 6.20 Å². The molecular weight excluding hydrogens is 703 g/mol. The fourth-order valence-corrected chi connectivity index (χ4v) is 8.95. The number of rotatable bonds is 6. The second-order valence-corrected chi connectivity index (χ2v) is 15.1. The fraction of sp³-hybridized carbons (Fsp3) is 0. The van der Waals surface area contributed by atoms with Crippen LogP contribution in [0.25, 0.3) is 109 Å². The topological polar surface area (TPSA) is 51.8 Å². The van der Waals surface area contributed by atoms with Gasteiger partial charge in [0, 0.05) is 71.2 Å². The van der Waals surface area contributed by atoms with Crippen LogP contribution >= 0.6 is 11.3 Å². The summed E-state index contributed by atoms with van der Waals surface area (Å²) in [5, 5.41) is 4.77. The summed E-state index contributed by atoms with van der Waals surface area (Å²) in [5.74, 6) is 0.672. The summed E-state index contributed by atoms with van der Waals surface area (Å²) in [4.78, 5) is 14.6. The van der Waals surface area contributed by atoms with E-state index >= 15 is 0 Å². The predicted molar refractivity (Wildman–Crippen MR) is 233 cm³/mol. The van der Waals surface area contributed by atoms with Crippen molar-refractivity contribution in [3.05, 3.63) is 188 Å². The normalized spacial score (nSPS) is 11.6. The number of nitrogens with zero attached hydrogens (tertiary/aromatic N) is 3. The Kier molecular flexibility index (Phi) is 7.64. The molecule has 4 heterocycles. The Morgan fingerprint density at radius 3 is 1.95 bits per heavy atom. The third kappa shape index (κ3) is 5.56. The SMILES string of the molecule is c1ccc(-c2cc(-c3cccc(-c4cccnc4)c3)nc(-c3ccc(-c4ccc(-c5ccc6sc7ccccc7c6c5)c5oc6ccccc6c45)cc3)n2)cc1. The summed E-state index contributed by atoms with van der Waals surface area (Å²) in [6.07, 6.45) is 3.69. The zero-order valence-electron chi connectivity index (χ0n) is 30.1. The van der Waals surface area contributed by atoms with Crippen LogP contribution in [0.3, 0.4) is 0 Å². The average Bonchev–Trinajstić information content (AvgIpc) is 3.85. The van der Waals surface area contributed by atoms with E-state index in [2.05, 4.69) is 151 Å². The summed E-state index contributed by atoms with van der Waals surface area (Å²) in [7, 11) is 0. The van der Waals surface area contributed by atoms with Crippen LogP contribution in [-0.4, -0.2) is 15.0 Å². The maximum atomic E-state index is 6.70. The van der Waals surface area contributed by atoms with Gasteiger partial charge in [-0.15, -0.1) is 11.3 Å². The molecule has 0 aliphatic rings. The number of benzene rings is 7. The Hall–Kier alpha value is -7.21. The van der Waals surface area contributed by atoms with E-state index in [4.69, 9.17) is 14.4 Å². The Labute approximate surface area is 327 Å². The van der Waals surface area contributed by atoms with Crippen molar-refractivity contribution >= 4 is 53.4 Å². The number of fused-ring (bicyclic) bond motifs is 6. The molecular formula is C51H31N3OS. The number of furan rings is 1. The van der Waals surface area contributed by atoms with Gasteiger partial charge in [0.2, 0.25) is 0 Å². The van der Waals surface area contributed by atoms with Gasteiger partial charge in [-0.25, -0.2) is 9.97 Å². The third-order valence-corrected chi connectivity index (χ3v) is 11.8. The van der Waals surface area contributed by atoms with Gasteiger partial charge in [0.1, 0.15) is 11.2 Å². The van der Waals surface area contributed by atoms with E-state index in [1.807, 2.05) is 47.9 Å².